The number of rotatable bonds is 12. The zero-order chi connectivity index (χ0) is 26.8. The summed E-state index contributed by atoms with van der Waals surface area (Å²) in [6.07, 6.45) is 1.23. The van der Waals surface area contributed by atoms with E-state index in [4.69, 9.17) is 4.74 Å². The summed E-state index contributed by atoms with van der Waals surface area (Å²) in [6, 6.07) is 25.1. The SMILES string of the molecule is CC[C@@H](C)NC(=O)[C@@H](Cc1ccccc1)N(Cc1cccc(C)c1)C(=O)COc1ccc(C(C)C)cc1. The van der Waals surface area contributed by atoms with Crippen molar-refractivity contribution in [3.63, 3.8) is 0 Å². The van der Waals surface area contributed by atoms with E-state index in [-0.39, 0.29) is 24.5 Å². The van der Waals surface area contributed by atoms with E-state index in [1.54, 1.807) is 4.90 Å². The van der Waals surface area contributed by atoms with Crippen LogP contribution in [0, 0.1) is 6.92 Å². The first-order valence-electron chi connectivity index (χ1n) is 13.2. The van der Waals surface area contributed by atoms with Gasteiger partial charge in [0, 0.05) is 19.0 Å². The molecule has 37 heavy (non-hydrogen) atoms. The minimum Gasteiger partial charge on any atom is -0.484 e. The molecule has 2 atom stereocenters. The van der Waals surface area contributed by atoms with Gasteiger partial charge >= 0.3 is 0 Å². The second-order valence-electron chi connectivity index (χ2n) is 10.0. The van der Waals surface area contributed by atoms with E-state index in [1.165, 1.54) is 5.56 Å². The summed E-state index contributed by atoms with van der Waals surface area (Å²) < 4.78 is 5.90. The van der Waals surface area contributed by atoms with E-state index in [0.29, 0.717) is 24.6 Å². The van der Waals surface area contributed by atoms with Gasteiger partial charge in [-0.2, -0.15) is 0 Å². The summed E-state index contributed by atoms with van der Waals surface area (Å²) >= 11 is 0. The van der Waals surface area contributed by atoms with Gasteiger partial charge in [-0.1, -0.05) is 93.1 Å². The molecule has 0 radical (unpaired) electrons. The van der Waals surface area contributed by atoms with E-state index in [2.05, 4.69) is 25.2 Å². The number of carbonyl (C=O) groups excluding carboxylic acids is 2. The Hall–Kier alpha value is -3.60. The van der Waals surface area contributed by atoms with Crippen molar-refractivity contribution in [2.24, 2.45) is 0 Å². The van der Waals surface area contributed by atoms with Gasteiger partial charge < -0.3 is 15.0 Å². The summed E-state index contributed by atoms with van der Waals surface area (Å²) in [5.74, 6) is 0.676. The molecule has 3 rings (SSSR count). The fourth-order valence-electron chi connectivity index (χ4n) is 4.18. The molecule has 0 saturated heterocycles. The molecule has 0 heterocycles. The largest absolute Gasteiger partial charge is 0.484 e. The summed E-state index contributed by atoms with van der Waals surface area (Å²) in [5.41, 5.74) is 4.29. The van der Waals surface area contributed by atoms with Crippen LogP contribution in [0.15, 0.2) is 78.9 Å². The lowest BCUT2D eigenvalue weighted by Crippen LogP contribution is -2.53. The van der Waals surface area contributed by atoms with Crippen molar-refractivity contribution in [2.45, 2.75) is 72.0 Å². The highest BCUT2D eigenvalue weighted by Crippen LogP contribution is 2.20. The highest BCUT2D eigenvalue weighted by atomic mass is 16.5. The first-order valence-corrected chi connectivity index (χ1v) is 13.2. The van der Waals surface area contributed by atoms with Crippen LogP contribution in [0.5, 0.6) is 5.75 Å². The van der Waals surface area contributed by atoms with Crippen LogP contribution < -0.4 is 10.1 Å². The first kappa shape index (κ1) is 28.0. The second kappa shape index (κ2) is 13.6. The fraction of sp³-hybridized carbons (Fsp3) is 0.375. The molecular formula is C32H40N2O3. The van der Waals surface area contributed by atoms with E-state index >= 15 is 0 Å². The van der Waals surface area contributed by atoms with Gasteiger partial charge in [-0.15, -0.1) is 0 Å². The Morgan fingerprint density at radius 1 is 0.892 bits per heavy atom. The molecular weight excluding hydrogens is 460 g/mol. The zero-order valence-electron chi connectivity index (χ0n) is 22.7. The molecule has 3 aromatic carbocycles. The average Bonchev–Trinajstić information content (AvgIpc) is 2.90. The lowest BCUT2D eigenvalue weighted by atomic mass is 10.0. The van der Waals surface area contributed by atoms with Crippen LogP contribution in [0.25, 0.3) is 0 Å². The molecule has 0 unspecified atom stereocenters. The molecule has 2 amide bonds. The fourth-order valence-corrected chi connectivity index (χ4v) is 4.18. The molecule has 0 aliphatic rings. The Morgan fingerprint density at radius 2 is 1.57 bits per heavy atom. The standard InChI is InChI=1S/C32H40N2O3/c1-6-25(5)33-32(36)30(20-26-12-8-7-9-13-26)34(21-27-14-10-11-24(4)19-27)31(35)22-37-29-17-15-28(16-18-29)23(2)3/h7-19,23,25,30H,6,20-22H2,1-5H3,(H,33,36)/t25-,30-/m1/s1. The van der Waals surface area contributed by atoms with Crippen molar-refractivity contribution in [2.75, 3.05) is 6.61 Å². The van der Waals surface area contributed by atoms with Crippen LogP contribution in [0.2, 0.25) is 0 Å². The smallest absolute Gasteiger partial charge is 0.261 e. The maximum atomic E-state index is 13.7. The van der Waals surface area contributed by atoms with Gasteiger partial charge in [-0.25, -0.2) is 0 Å². The molecule has 0 spiro atoms. The number of aryl methyl sites for hydroxylation is 1. The maximum Gasteiger partial charge on any atom is 0.261 e. The number of hydrogen-bond donors (Lipinski definition) is 1. The molecule has 0 aliphatic heterocycles. The number of ether oxygens (including phenoxy) is 1. The Morgan fingerprint density at radius 3 is 2.19 bits per heavy atom. The predicted molar refractivity (Wildman–Crippen MR) is 150 cm³/mol. The molecule has 0 aliphatic carbocycles. The van der Waals surface area contributed by atoms with Crippen LogP contribution in [0.1, 0.15) is 62.3 Å². The van der Waals surface area contributed by atoms with Gasteiger partial charge in [0.25, 0.3) is 5.91 Å². The quantitative estimate of drug-likeness (QED) is 0.329. The summed E-state index contributed by atoms with van der Waals surface area (Å²) in [7, 11) is 0. The molecule has 5 nitrogen and oxygen atoms in total. The van der Waals surface area contributed by atoms with E-state index in [9.17, 15) is 9.59 Å². The van der Waals surface area contributed by atoms with E-state index < -0.39 is 6.04 Å². The average molecular weight is 501 g/mol. The third-order valence-electron chi connectivity index (χ3n) is 6.62. The molecule has 0 fully saturated rings. The van der Waals surface area contributed by atoms with Crippen molar-refractivity contribution in [1.29, 1.82) is 0 Å². The molecule has 0 saturated carbocycles. The normalized spacial score (nSPS) is 12.6. The predicted octanol–water partition coefficient (Wildman–Crippen LogP) is 6.05. The molecule has 1 N–H and O–H groups in total. The molecule has 3 aromatic rings. The molecule has 0 bridgehead atoms. The number of benzene rings is 3. The Kier molecular flexibility index (Phi) is 10.3. The van der Waals surface area contributed by atoms with Crippen molar-refractivity contribution >= 4 is 11.8 Å². The van der Waals surface area contributed by atoms with Crippen LogP contribution in [-0.4, -0.2) is 35.4 Å². The van der Waals surface area contributed by atoms with Gasteiger partial charge in [0.1, 0.15) is 11.8 Å². The van der Waals surface area contributed by atoms with Crippen LogP contribution >= 0.6 is 0 Å². The van der Waals surface area contributed by atoms with Gasteiger partial charge in [-0.05, 0) is 55.0 Å². The number of nitrogens with zero attached hydrogens (tertiary/aromatic N) is 1. The Labute approximate surface area is 221 Å². The Bertz CT molecular complexity index is 1140. The van der Waals surface area contributed by atoms with Crippen molar-refractivity contribution in [3.8, 4) is 5.75 Å². The Balaban J connectivity index is 1.89. The molecule has 196 valence electrons. The molecule has 0 aromatic heterocycles. The number of nitrogens with one attached hydrogen (secondary N) is 1. The highest BCUT2D eigenvalue weighted by molar-refractivity contribution is 5.88. The third-order valence-corrected chi connectivity index (χ3v) is 6.62. The maximum absolute atomic E-state index is 13.7. The third kappa shape index (κ3) is 8.49. The van der Waals surface area contributed by atoms with Crippen LogP contribution in [0.4, 0.5) is 0 Å². The van der Waals surface area contributed by atoms with Crippen LogP contribution in [-0.2, 0) is 22.6 Å². The van der Waals surface area contributed by atoms with Crippen LogP contribution in [0.3, 0.4) is 0 Å². The topological polar surface area (TPSA) is 58.6 Å². The summed E-state index contributed by atoms with van der Waals surface area (Å²) in [6.45, 7) is 10.5. The van der Waals surface area contributed by atoms with E-state index in [1.807, 2.05) is 93.6 Å². The lowest BCUT2D eigenvalue weighted by Gasteiger charge is -2.32. The van der Waals surface area contributed by atoms with Crippen molar-refractivity contribution in [1.82, 2.24) is 10.2 Å². The number of hydrogen-bond acceptors (Lipinski definition) is 3. The van der Waals surface area contributed by atoms with Gasteiger partial charge in [-0.3, -0.25) is 9.59 Å². The first-order chi connectivity index (χ1) is 17.8. The van der Waals surface area contributed by atoms with Crippen molar-refractivity contribution < 1.29 is 14.3 Å². The second-order valence-corrected chi connectivity index (χ2v) is 10.0. The molecule has 5 heteroatoms. The summed E-state index contributed by atoms with van der Waals surface area (Å²) in [5, 5.41) is 3.10. The monoisotopic (exact) mass is 500 g/mol. The minimum atomic E-state index is -0.670. The minimum absolute atomic E-state index is 0.0115. The number of carbonyl (C=O) groups is 2. The number of amides is 2. The highest BCUT2D eigenvalue weighted by Gasteiger charge is 2.31. The van der Waals surface area contributed by atoms with Crippen molar-refractivity contribution in [3.05, 3.63) is 101 Å². The summed E-state index contributed by atoms with van der Waals surface area (Å²) in [4.78, 5) is 28.9. The van der Waals surface area contributed by atoms with Gasteiger partial charge in [0.05, 0.1) is 0 Å². The lowest BCUT2D eigenvalue weighted by molar-refractivity contribution is -0.143. The zero-order valence-corrected chi connectivity index (χ0v) is 22.7. The van der Waals surface area contributed by atoms with Gasteiger partial charge in [0.2, 0.25) is 5.91 Å². The van der Waals surface area contributed by atoms with E-state index in [0.717, 1.165) is 23.1 Å². The van der Waals surface area contributed by atoms with Gasteiger partial charge in [0.15, 0.2) is 6.61 Å².